The molecule has 1 fully saturated rings. The highest BCUT2D eigenvalue weighted by Crippen LogP contribution is 2.17. The van der Waals surface area contributed by atoms with E-state index in [0.29, 0.717) is 0 Å². The van der Waals surface area contributed by atoms with Gasteiger partial charge >= 0.3 is 6.03 Å². The second-order valence-electron chi connectivity index (χ2n) is 3.12. The van der Waals surface area contributed by atoms with Crippen LogP contribution in [0.3, 0.4) is 0 Å². The quantitative estimate of drug-likeness (QED) is 0.244. The van der Waals surface area contributed by atoms with E-state index in [9.17, 15) is 4.79 Å². The summed E-state index contributed by atoms with van der Waals surface area (Å²) in [5.41, 5.74) is 2.01. The van der Waals surface area contributed by atoms with Crippen LogP contribution in [0.1, 0.15) is 25.7 Å². The number of amides is 2. The molecule has 0 aromatic heterocycles. The summed E-state index contributed by atoms with van der Waals surface area (Å²) in [6, 6.07) is -0.187. The Labute approximate surface area is 71.3 Å². The molecule has 5 nitrogen and oxygen atoms in total. The molecule has 70 valence electrons. The maximum Gasteiger partial charge on any atom is 0.329 e. The minimum atomic E-state index is -0.351. The average Bonchev–Trinajstić information content (AvgIpc) is 2.09. The van der Waals surface area contributed by atoms with Crippen LogP contribution in [-0.4, -0.2) is 23.3 Å². The van der Waals surface area contributed by atoms with Gasteiger partial charge in [-0.15, -0.1) is 0 Å². The summed E-state index contributed by atoms with van der Waals surface area (Å²) in [7, 11) is 0. The van der Waals surface area contributed by atoms with Gasteiger partial charge in [0.05, 0.1) is 6.10 Å². The first-order valence-electron chi connectivity index (χ1n) is 4.17. The summed E-state index contributed by atoms with van der Waals surface area (Å²) in [5, 5.41) is 11.9. The van der Waals surface area contributed by atoms with Gasteiger partial charge in [-0.1, -0.05) is 0 Å². The Hall–Kier alpha value is -0.810. The molecule has 0 radical (unpaired) electrons. The van der Waals surface area contributed by atoms with Crippen molar-refractivity contribution in [1.82, 2.24) is 10.7 Å². The lowest BCUT2D eigenvalue weighted by atomic mass is 9.93. The molecule has 0 heterocycles. The molecule has 1 rings (SSSR count). The van der Waals surface area contributed by atoms with Gasteiger partial charge in [0.25, 0.3) is 0 Å². The first kappa shape index (κ1) is 9.28. The van der Waals surface area contributed by atoms with Crippen LogP contribution < -0.4 is 16.6 Å². The van der Waals surface area contributed by atoms with Gasteiger partial charge in [-0.05, 0) is 25.7 Å². The molecule has 0 aromatic rings. The number of urea groups is 1. The van der Waals surface area contributed by atoms with Crippen molar-refractivity contribution in [2.75, 3.05) is 0 Å². The van der Waals surface area contributed by atoms with E-state index in [1.54, 1.807) is 0 Å². The number of hydrazine groups is 1. The van der Waals surface area contributed by atoms with Crippen LogP contribution in [0.2, 0.25) is 0 Å². The van der Waals surface area contributed by atoms with Crippen LogP contribution in [-0.2, 0) is 0 Å². The van der Waals surface area contributed by atoms with E-state index in [0.717, 1.165) is 25.7 Å². The molecular formula is C7H15N3O2. The molecule has 0 bridgehead atoms. The third-order valence-corrected chi connectivity index (χ3v) is 2.16. The van der Waals surface area contributed by atoms with Gasteiger partial charge in [-0.25, -0.2) is 10.6 Å². The second kappa shape index (κ2) is 4.27. The van der Waals surface area contributed by atoms with Crippen molar-refractivity contribution in [2.24, 2.45) is 5.84 Å². The third-order valence-electron chi connectivity index (χ3n) is 2.16. The number of hydrogen-bond donors (Lipinski definition) is 4. The van der Waals surface area contributed by atoms with Crippen LogP contribution in [0.25, 0.3) is 0 Å². The first-order chi connectivity index (χ1) is 5.72. The normalized spacial score (nSPS) is 29.5. The predicted molar refractivity (Wildman–Crippen MR) is 44.1 cm³/mol. The van der Waals surface area contributed by atoms with E-state index >= 15 is 0 Å². The molecule has 0 atom stereocenters. The molecule has 1 aliphatic carbocycles. The van der Waals surface area contributed by atoms with Crippen molar-refractivity contribution in [3.05, 3.63) is 0 Å². The first-order valence-corrected chi connectivity index (χ1v) is 4.17. The molecule has 1 aliphatic rings. The summed E-state index contributed by atoms with van der Waals surface area (Å²) in [6.45, 7) is 0. The van der Waals surface area contributed by atoms with E-state index < -0.39 is 0 Å². The average molecular weight is 173 g/mol. The molecule has 0 saturated heterocycles. The number of rotatable bonds is 1. The van der Waals surface area contributed by atoms with E-state index in [2.05, 4.69) is 5.32 Å². The highest BCUT2D eigenvalue weighted by Gasteiger charge is 2.20. The molecule has 0 aliphatic heterocycles. The number of carbonyl (C=O) groups excluding carboxylic acids is 1. The second-order valence-corrected chi connectivity index (χ2v) is 3.12. The molecular weight excluding hydrogens is 158 g/mol. The van der Waals surface area contributed by atoms with Crippen molar-refractivity contribution in [1.29, 1.82) is 0 Å². The monoisotopic (exact) mass is 173 g/mol. The largest absolute Gasteiger partial charge is 0.393 e. The Balaban J connectivity index is 2.21. The molecule has 5 N–H and O–H groups in total. The summed E-state index contributed by atoms with van der Waals surface area (Å²) < 4.78 is 0. The number of hydrogen-bond acceptors (Lipinski definition) is 3. The lowest BCUT2D eigenvalue weighted by Crippen LogP contribution is -2.46. The number of nitrogens with one attached hydrogen (secondary N) is 2. The number of aliphatic hydroxyl groups is 1. The van der Waals surface area contributed by atoms with Gasteiger partial charge in [-0.2, -0.15) is 0 Å². The zero-order chi connectivity index (χ0) is 8.97. The SMILES string of the molecule is NNC(=O)NC1CCC(O)CC1. The maximum atomic E-state index is 10.8. The van der Waals surface area contributed by atoms with Gasteiger partial charge < -0.3 is 10.4 Å². The van der Waals surface area contributed by atoms with Crippen LogP contribution >= 0.6 is 0 Å². The Morgan fingerprint density at radius 1 is 1.33 bits per heavy atom. The van der Waals surface area contributed by atoms with Gasteiger partial charge in [-0.3, -0.25) is 5.43 Å². The lowest BCUT2D eigenvalue weighted by molar-refractivity contribution is 0.117. The molecule has 0 unspecified atom stereocenters. The Kier molecular flexibility index (Phi) is 3.31. The fraction of sp³-hybridized carbons (Fsp3) is 0.857. The summed E-state index contributed by atoms with van der Waals surface area (Å²) in [5.74, 6) is 4.91. The van der Waals surface area contributed by atoms with Gasteiger partial charge in [0, 0.05) is 6.04 Å². The number of carbonyl (C=O) groups is 1. The zero-order valence-corrected chi connectivity index (χ0v) is 6.92. The van der Waals surface area contributed by atoms with Gasteiger partial charge in [0.1, 0.15) is 0 Å². The minimum absolute atomic E-state index is 0.164. The van der Waals surface area contributed by atoms with Crippen molar-refractivity contribution < 1.29 is 9.90 Å². The fourth-order valence-corrected chi connectivity index (χ4v) is 1.45. The van der Waals surface area contributed by atoms with E-state index in [-0.39, 0.29) is 18.2 Å². The van der Waals surface area contributed by atoms with Gasteiger partial charge in [0.2, 0.25) is 0 Å². The van der Waals surface area contributed by atoms with E-state index in [1.807, 2.05) is 5.43 Å². The summed E-state index contributed by atoms with van der Waals surface area (Å²) in [4.78, 5) is 10.8. The Morgan fingerprint density at radius 2 is 1.92 bits per heavy atom. The van der Waals surface area contributed by atoms with E-state index in [1.165, 1.54) is 0 Å². The van der Waals surface area contributed by atoms with Crippen LogP contribution in [0.4, 0.5) is 4.79 Å². The summed E-state index contributed by atoms with van der Waals surface area (Å²) >= 11 is 0. The molecule has 0 aromatic carbocycles. The number of nitrogens with two attached hydrogens (primary N) is 1. The highest BCUT2D eigenvalue weighted by molar-refractivity contribution is 5.73. The minimum Gasteiger partial charge on any atom is -0.393 e. The highest BCUT2D eigenvalue weighted by atomic mass is 16.3. The van der Waals surface area contributed by atoms with E-state index in [4.69, 9.17) is 10.9 Å². The van der Waals surface area contributed by atoms with Gasteiger partial charge in [0.15, 0.2) is 0 Å². The predicted octanol–water partition coefficient (Wildman–Crippen LogP) is -0.537. The molecule has 12 heavy (non-hydrogen) atoms. The van der Waals surface area contributed by atoms with Crippen molar-refractivity contribution in [3.63, 3.8) is 0 Å². The van der Waals surface area contributed by atoms with Crippen molar-refractivity contribution >= 4 is 6.03 Å². The van der Waals surface area contributed by atoms with Crippen molar-refractivity contribution in [2.45, 2.75) is 37.8 Å². The van der Waals surface area contributed by atoms with Crippen LogP contribution in [0, 0.1) is 0 Å². The van der Waals surface area contributed by atoms with Crippen molar-refractivity contribution in [3.8, 4) is 0 Å². The number of aliphatic hydroxyl groups excluding tert-OH is 1. The fourth-order valence-electron chi connectivity index (χ4n) is 1.45. The Morgan fingerprint density at radius 3 is 2.42 bits per heavy atom. The topological polar surface area (TPSA) is 87.4 Å². The third kappa shape index (κ3) is 2.67. The molecule has 1 saturated carbocycles. The smallest absolute Gasteiger partial charge is 0.329 e. The Bertz CT molecular complexity index is 155. The molecule has 0 spiro atoms. The molecule has 5 heteroatoms. The standard InChI is InChI=1S/C7H15N3O2/c8-10-7(12)9-5-1-3-6(11)4-2-5/h5-6,11H,1-4,8H2,(H2,9,10,12). The lowest BCUT2D eigenvalue weighted by Gasteiger charge is -2.25. The van der Waals surface area contributed by atoms with Crippen LogP contribution in [0.15, 0.2) is 0 Å². The van der Waals surface area contributed by atoms with Crippen LogP contribution in [0.5, 0.6) is 0 Å². The maximum absolute atomic E-state index is 10.8. The zero-order valence-electron chi connectivity index (χ0n) is 6.92. The summed E-state index contributed by atoms with van der Waals surface area (Å²) in [6.07, 6.45) is 2.98. The molecule has 2 amide bonds.